The van der Waals surface area contributed by atoms with E-state index >= 15 is 0 Å². The SMILES string of the molecule is Cn1c(C(=O)NC2CCCN(c3ccc(C(F)(F)F)cn3)C2)cc(=O)n(C)c1=O. The van der Waals surface area contributed by atoms with Gasteiger partial charge in [0.05, 0.1) is 5.56 Å². The Bertz CT molecular complexity index is 1030. The van der Waals surface area contributed by atoms with Gasteiger partial charge in [-0.2, -0.15) is 13.2 Å². The molecule has 1 aliphatic rings. The van der Waals surface area contributed by atoms with Crippen molar-refractivity contribution < 1.29 is 18.0 Å². The lowest BCUT2D eigenvalue weighted by Gasteiger charge is -2.34. The van der Waals surface area contributed by atoms with Crippen LogP contribution in [0.5, 0.6) is 0 Å². The molecule has 1 amide bonds. The average Bonchev–Trinajstić information content (AvgIpc) is 2.68. The first-order valence-electron chi connectivity index (χ1n) is 8.94. The van der Waals surface area contributed by atoms with Crippen LogP contribution in [-0.2, 0) is 20.3 Å². The molecule has 156 valence electrons. The van der Waals surface area contributed by atoms with Gasteiger partial charge in [0, 0.05) is 45.5 Å². The van der Waals surface area contributed by atoms with Crippen molar-refractivity contribution in [2.24, 2.45) is 14.1 Å². The number of amides is 1. The third-order valence-electron chi connectivity index (χ3n) is 4.91. The van der Waals surface area contributed by atoms with E-state index in [4.69, 9.17) is 0 Å². The van der Waals surface area contributed by atoms with Crippen LogP contribution in [0.15, 0.2) is 34.0 Å². The fraction of sp³-hybridized carbons (Fsp3) is 0.444. The normalized spacial score (nSPS) is 17.3. The molecule has 1 fully saturated rings. The van der Waals surface area contributed by atoms with Crippen LogP contribution in [0.4, 0.5) is 19.0 Å². The molecule has 1 saturated heterocycles. The number of nitrogens with one attached hydrogen (secondary N) is 1. The molecule has 0 spiro atoms. The molecule has 3 rings (SSSR count). The van der Waals surface area contributed by atoms with Crippen LogP contribution in [0.3, 0.4) is 0 Å². The zero-order valence-electron chi connectivity index (χ0n) is 15.9. The Morgan fingerprint density at radius 3 is 2.55 bits per heavy atom. The minimum atomic E-state index is -4.45. The van der Waals surface area contributed by atoms with E-state index in [0.29, 0.717) is 31.7 Å². The smallest absolute Gasteiger partial charge is 0.355 e. The lowest BCUT2D eigenvalue weighted by molar-refractivity contribution is -0.137. The van der Waals surface area contributed by atoms with Gasteiger partial charge in [0.15, 0.2) is 0 Å². The summed E-state index contributed by atoms with van der Waals surface area (Å²) in [6, 6.07) is 3.06. The topological polar surface area (TPSA) is 89.2 Å². The highest BCUT2D eigenvalue weighted by Gasteiger charge is 2.31. The lowest BCUT2D eigenvalue weighted by Crippen LogP contribution is -2.49. The van der Waals surface area contributed by atoms with E-state index < -0.39 is 28.9 Å². The van der Waals surface area contributed by atoms with Gasteiger partial charge in [-0.1, -0.05) is 0 Å². The number of anilines is 1. The van der Waals surface area contributed by atoms with Gasteiger partial charge in [0.2, 0.25) is 0 Å². The van der Waals surface area contributed by atoms with Gasteiger partial charge in [-0.15, -0.1) is 0 Å². The second kappa shape index (κ2) is 7.72. The Morgan fingerprint density at radius 1 is 1.21 bits per heavy atom. The number of pyridine rings is 1. The number of rotatable bonds is 3. The molecule has 1 N–H and O–H groups in total. The Kier molecular flexibility index (Phi) is 5.49. The van der Waals surface area contributed by atoms with E-state index in [-0.39, 0.29) is 11.7 Å². The second-order valence-electron chi connectivity index (χ2n) is 6.93. The third-order valence-corrected chi connectivity index (χ3v) is 4.91. The second-order valence-corrected chi connectivity index (χ2v) is 6.93. The first-order chi connectivity index (χ1) is 13.6. The quantitative estimate of drug-likeness (QED) is 0.811. The zero-order valence-corrected chi connectivity index (χ0v) is 15.9. The zero-order chi connectivity index (χ0) is 21.3. The molecule has 0 aromatic carbocycles. The minimum Gasteiger partial charge on any atom is -0.355 e. The predicted molar refractivity (Wildman–Crippen MR) is 98.9 cm³/mol. The number of carbonyl (C=O) groups is 1. The Morgan fingerprint density at radius 2 is 1.93 bits per heavy atom. The molecule has 8 nitrogen and oxygen atoms in total. The first-order valence-corrected chi connectivity index (χ1v) is 8.94. The molecule has 1 atom stereocenters. The summed E-state index contributed by atoms with van der Waals surface area (Å²) in [5.74, 6) is -0.174. The van der Waals surface area contributed by atoms with Crippen LogP contribution in [-0.4, -0.2) is 39.2 Å². The maximum atomic E-state index is 12.7. The molecule has 29 heavy (non-hydrogen) atoms. The maximum absolute atomic E-state index is 12.7. The highest BCUT2D eigenvalue weighted by molar-refractivity contribution is 5.92. The molecular formula is C18H20F3N5O3. The number of hydrogen-bond donors (Lipinski definition) is 1. The van der Waals surface area contributed by atoms with Crippen LogP contribution < -0.4 is 21.5 Å². The summed E-state index contributed by atoms with van der Waals surface area (Å²) in [5, 5.41) is 2.79. The molecule has 0 bridgehead atoms. The summed E-state index contributed by atoms with van der Waals surface area (Å²) in [6.45, 7) is 0.942. The fourth-order valence-electron chi connectivity index (χ4n) is 3.25. The molecule has 2 aromatic rings. The number of hydrogen-bond acceptors (Lipinski definition) is 5. The van der Waals surface area contributed by atoms with E-state index in [1.807, 2.05) is 0 Å². The van der Waals surface area contributed by atoms with E-state index in [2.05, 4.69) is 10.3 Å². The number of piperidine rings is 1. The van der Waals surface area contributed by atoms with Gasteiger partial charge in [0.1, 0.15) is 11.5 Å². The highest BCUT2D eigenvalue weighted by atomic mass is 19.4. The van der Waals surface area contributed by atoms with Crippen molar-refractivity contribution in [1.82, 2.24) is 19.4 Å². The molecular weight excluding hydrogens is 391 g/mol. The minimum absolute atomic E-state index is 0.0529. The lowest BCUT2D eigenvalue weighted by atomic mass is 10.1. The van der Waals surface area contributed by atoms with E-state index in [1.165, 1.54) is 20.2 Å². The number of nitrogens with zero attached hydrogens (tertiary/aromatic N) is 4. The standard InChI is InChI=1S/C18H20F3N5O3/c1-24-13(8-15(27)25(2)17(24)29)16(28)23-12-4-3-7-26(10-12)14-6-5-11(9-22-14)18(19,20)21/h5-6,8-9,12H,3-4,7,10H2,1-2H3,(H,23,28). The summed E-state index contributed by atoms with van der Waals surface area (Å²) < 4.78 is 40.1. The summed E-state index contributed by atoms with van der Waals surface area (Å²) >= 11 is 0. The van der Waals surface area contributed by atoms with Crippen molar-refractivity contribution in [1.29, 1.82) is 0 Å². The van der Waals surface area contributed by atoms with Gasteiger partial charge in [-0.3, -0.25) is 18.7 Å². The third kappa shape index (κ3) is 4.33. The van der Waals surface area contributed by atoms with E-state index in [1.54, 1.807) is 4.90 Å². The molecule has 3 heterocycles. The molecule has 0 aliphatic carbocycles. The predicted octanol–water partition coefficient (Wildman–Crippen LogP) is 0.897. The monoisotopic (exact) mass is 411 g/mol. The van der Waals surface area contributed by atoms with Crippen LogP contribution in [0, 0.1) is 0 Å². The van der Waals surface area contributed by atoms with Crippen molar-refractivity contribution in [2.75, 3.05) is 18.0 Å². The van der Waals surface area contributed by atoms with E-state index in [0.717, 1.165) is 27.5 Å². The van der Waals surface area contributed by atoms with Gasteiger partial charge in [-0.05, 0) is 25.0 Å². The Balaban J connectivity index is 1.73. The summed E-state index contributed by atoms with van der Waals surface area (Å²) in [7, 11) is 2.72. The fourth-order valence-corrected chi connectivity index (χ4v) is 3.25. The molecule has 0 saturated carbocycles. The molecule has 2 aromatic heterocycles. The molecule has 1 unspecified atom stereocenters. The average molecular weight is 411 g/mol. The summed E-state index contributed by atoms with van der Waals surface area (Å²) in [4.78, 5) is 42.1. The van der Waals surface area contributed by atoms with Crippen molar-refractivity contribution in [3.63, 3.8) is 0 Å². The van der Waals surface area contributed by atoms with Crippen molar-refractivity contribution in [2.45, 2.75) is 25.1 Å². The van der Waals surface area contributed by atoms with Crippen LogP contribution in [0.25, 0.3) is 0 Å². The number of halogens is 3. The van der Waals surface area contributed by atoms with Gasteiger partial charge < -0.3 is 10.2 Å². The summed E-state index contributed by atoms with van der Waals surface area (Å²) in [5.41, 5.74) is -2.07. The van der Waals surface area contributed by atoms with Gasteiger partial charge >= 0.3 is 11.9 Å². The van der Waals surface area contributed by atoms with Crippen molar-refractivity contribution >= 4 is 11.7 Å². The number of aromatic nitrogens is 3. The first kappa shape index (κ1) is 20.6. The van der Waals surface area contributed by atoms with E-state index in [9.17, 15) is 27.6 Å². The largest absolute Gasteiger partial charge is 0.417 e. The molecule has 1 aliphatic heterocycles. The van der Waals surface area contributed by atoms with Crippen LogP contribution >= 0.6 is 0 Å². The molecule has 11 heteroatoms. The summed E-state index contributed by atoms with van der Waals surface area (Å²) in [6.07, 6.45) is -2.32. The Hall–Kier alpha value is -3.11. The number of alkyl halides is 3. The Labute approximate surface area is 163 Å². The van der Waals surface area contributed by atoms with Crippen LogP contribution in [0.1, 0.15) is 28.9 Å². The highest BCUT2D eigenvalue weighted by Crippen LogP contribution is 2.29. The van der Waals surface area contributed by atoms with Crippen molar-refractivity contribution in [3.8, 4) is 0 Å². The van der Waals surface area contributed by atoms with Gasteiger partial charge in [0.25, 0.3) is 11.5 Å². The molecule has 0 radical (unpaired) electrons. The van der Waals surface area contributed by atoms with Crippen molar-refractivity contribution in [3.05, 3.63) is 56.5 Å². The van der Waals surface area contributed by atoms with Gasteiger partial charge in [-0.25, -0.2) is 9.78 Å². The van der Waals surface area contributed by atoms with Crippen LogP contribution in [0.2, 0.25) is 0 Å². The maximum Gasteiger partial charge on any atom is 0.417 e. The number of carbonyl (C=O) groups excluding carboxylic acids is 1.